The Balaban J connectivity index is 1.82. The third kappa shape index (κ3) is 2.84. The molecule has 0 aliphatic carbocycles. The Morgan fingerprint density at radius 1 is 1.38 bits per heavy atom. The lowest BCUT2D eigenvalue weighted by Crippen LogP contribution is -2.56. The van der Waals surface area contributed by atoms with Crippen LogP contribution in [0, 0.1) is 6.92 Å². The number of amides is 2. The summed E-state index contributed by atoms with van der Waals surface area (Å²) in [6.07, 6.45) is 0. The van der Waals surface area contributed by atoms with E-state index in [1.54, 1.807) is 12.1 Å². The summed E-state index contributed by atoms with van der Waals surface area (Å²) in [6, 6.07) is 5.39. The van der Waals surface area contributed by atoms with E-state index in [1.165, 1.54) is 18.3 Å². The van der Waals surface area contributed by atoms with Gasteiger partial charge in [0.1, 0.15) is 10.8 Å². The van der Waals surface area contributed by atoms with Crippen molar-refractivity contribution < 1.29 is 14.3 Å². The molecule has 0 saturated heterocycles. The molecule has 3 rings (SSSR count). The first-order valence-corrected chi connectivity index (χ1v) is 8.37. The Morgan fingerprint density at radius 2 is 2.12 bits per heavy atom. The second-order valence-electron chi connectivity index (χ2n) is 6.14. The molecule has 1 aliphatic rings. The van der Waals surface area contributed by atoms with E-state index in [9.17, 15) is 9.59 Å². The first-order valence-electron chi connectivity index (χ1n) is 7.55. The number of aryl methyl sites for hydroxylation is 1. The predicted octanol–water partition coefficient (Wildman–Crippen LogP) is 2.70. The topological polar surface area (TPSA) is 93.2 Å². The van der Waals surface area contributed by atoms with Gasteiger partial charge in [0.2, 0.25) is 5.13 Å². The van der Waals surface area contributed by atoms with E-state index >= 15 is 0 Å². The first-order chi connectivity index (χ1) is 11.3. The van der Waals surface area contributed by atoms with Gasteiger partial charge >= 0.3 is 0 Å². The molecule has 2 amide bonds. The molecule has 0 fully saturated rings. The molecule has 2 heterocycles. The fraction of sp³-hybridized carbons (Fsp3) is 0.375. The highest BCUT2D eigenvalue weighted by Gasteiger charge is 2.47. The van der Waals surface area contributed by atoms with Gasteiger partial charge in [0, 0.05) is 5.92 Å². The van der Waals surface area contributed by atoms with E-state index in [1.807, 2.05) is 26.8 Å². The van der Waals surface area contributed by atoms with Crippen molar-refractivity contribution >= 4 is 34.0 Å². The summed E-state index contributed by atoms with van der Waals surface area (Å²) in [4.78, 5) is 25.0. The molecular formula is C16H18N4O3S. The fourth-order valence-electron chi connectivity index (χ4n) is 2.22. The molecule has 7 nitrogen and oxygen atoms in total. The second-order valence-corrected chi connectivity index (χ2v) is 7.15. The number of ether oxygens (including phenoxy) is 1. The highest BCUT2D eigenvalue weighted by atomic mass is 32.1. The van der Waals surface area contributed by atoms with Crippen LogP contribution in [0.3, 0.4) is 0 Å². The maximum Gasteiger partial charge on any atom is 0.280 e. The number of nitrogens with zero attached hydrogens (tertiary/aromatic N) is 2. The summed E-state index contributed by atoms with van der Waals surface area (Å²) >= 11 is 1.28. The average Bonchev–Trinajstić information content (AvgIpc) is 2.97. The SMILES string of the molecule is Cc1ccc2c(c1)NC(=O)C(C)(C(=O)Nc1nnc(C(C)C)s1)O2. The zero-order valence-corrected chi connectivity index (χ0v) is 14.7. The normalized spacial score (nSPS) is 19.5. The van der Waals surface area contributed by atoms with Crippen molar-refractivity contribution in [2.24, 2.45) is 0 Å². The summed E-state index contributed by atoms with van der Waals surface area (Å²) in [5, 5.41) is 14.4. The quantitative estimate of drug-likeness (QED) is 0.834. The zero-order valence-electron chi connectivity index (χ0n) is 13.8. The van der Waals surface area contributed by atoms with Crippen LogP contribution in [0.4, 0.5) is 10.8 Å². The molecule has 126 valence electrons. The maximum atomic E-state index is 12.6. The molecule has 2 N–H and O–H groups in total. The fourth-order valence-corrected chi connectivity index (χ4v) is 2.96. The van der Waals surface area contributed by atoms with Crippen LogP contribution in [0.2, 0.25) is 0 Å². The first kappa shape index (κ1) is 16.4. The lowest BCUT2D eigenvalue weighted by Gasteiger charge is -2.33. The Labute approximate surface area is 143 Å². The van der Waals surface area contributed by atoms with Gasteiger partial charge in [-0.1, -0.05) is 31.3 Å². The number of hydrogen-bond acceptors (Lipinski definition) is 6. The number of aromatic nitrogens is 2. The van der Waals surface area contributed by atoms with Crippen molar-refractivity contribution in [3.8, 4) is 5.75 Å². The summed E-state index contributed by atoms with van der Waals surface area (Å²) in [5.74, 6) is -0.435. The summed E-state index contributed by atoms with van der Waals surface area (Å²) in [6.45, 7) is 7.33. The van der Waals surface area contributed by atoms with Crippen molar-refractivity contribution in [2.75, 3.05) is 10.6 Å². The molecule has 1 aromatic heterocycles. The van der Waals surface area contributed by atoms with Gasteiger partial charge in [-0.25, -0.2) is 0 Å². The Kier molecular flexibility index (Phi) is 4.00. The summed E-state index contributed by atoms with van der Waals surface area (Å²) in [5.41, 5.74) is -0.129. The summed E-state index contributed by atoms with van der Waals surface area (Å²) in [7, 11) is 0. The van der Waals surface area contributed by atoms with Gasteiger partial charge in [-0.3, -0.25) is 14.9 Å². The monoisotopic (exact) mass is 346 g/mol. The number of anilines is 2. The molecule has 1 aromatic carbocycles. The average molecular weight is 346 g/mol. The van der Waals surface area contributed by atoms with Crippen molar-refractivity contribution in [1.29, 1.82) is 0 Å². The Bertz CT molecular complexity index is 817. The number of nitrogens with one attached hydrogen (secondary N) is 2. The molecule has 1 atom stereocenters. The highest BCUT2D eigenvalue weighted by molar-refractivity contribution is 7.15. The van der Waals surface area contributed by atoms with E-state index in [-0.39, 0.29) is 5.92 Å². The predicted molar refractivity (Wildman–Crippen MR) is 91.5 cm³/mol. The summed E-state index contributed by atoms with van der Waals surface area (Å²) < 4.78 is 5.71. The lowest BCUT2D eigenvalue weighted by molar-refractivity contribution is -0.143. The number of carbonyl (C=O) groups is 2. The van der Waals surface area contributed by atoms with Crippen molar-refractivity contribution in [2.45, 2.75) is 39.2 Å². The minimum atomic E-state index is -1.67. The molecule has 1 unspecified atom stereocenters. The van der Waals surface area contributed by atoms with Gasteiger partial charge in [-0.05, 0) is 31.5 Å². The van der Waals surface area contributed by atoms with Gasteiger partial charge < -0.3 is 10.1 Å². The van der Waals surface area contributed by atoms with Gasteiger partial charge in [-0.2, -0.15) is 0 Å². The van der Waals surface area contributed by atoms with Crippen LogP contribution in [-0.2, 0) is 9.59 Å². The van der Waals surface area contributed by atoms with Crippen LogP contribution in [0.1, 0.15) is 37.3 Å². The molecular weight excluding hydrogens is 328 g/mol. The van der Waals surface area contributed by atoms with E-state index in [4.69, 9.17) is 4.74 Å². The Morgan fingerprint density at radius 3 is 2.79 bits per heavy atom. The highest BCUT2D eigenvalue weighted by Crippen LogP contribution is 2.35. The van der Waals surface area contributed by atoms with E-state index < -0.39 is 17.4 Å². The second kappa shape index (κ2) is 5.86. The van der Waals surface area contributed by atoms with Gasteiger partial charge in [0.05, 0.1) is 5.69 Å². The van der Waals surface area contributed by atoms with E-state index in [2.05, 4.69) is 20.8 Å². The van der Waals surface area contributed by atoms with Gasteiger partial charge in [0.25, 0.3) is 17.4 Å². The molecule has 24 heavy (non-hydrogen) atoms. The number of carbonyl (C=O) groups excluding carboxylic acids is 2. The standard InChI is InChI=1S/C16H18N4O3S/c1-8(2)12-19-20-15(24-12)18-14(22)16(4)13(21)17-10-7-9(3)5-6-11(10)23-16/h5-8H,1-4H3,(H,17,21)(H,18,20,22). The minimum Gasteiger partial charge on any atom is -0.466 e. The van der Waals surface area contributed by atoms with Crippen LogP contribution in [0.25, 0.3) is 0 Å². The molecule has 2 aromatic rings. The van der Waals surface area contributed by atoms with Gasteiger partial charge in [0.15, 0.2) is 0 Å². The number of hydrogen-bond donors (Lipinski definition) is 2. The van der Waals surface area contributed by atoms with E-state index in [0.29, 0.717) is 16.6 Å². The molecule has 0 radical (unpaired) electrons. The van der Waals surface area contributed by atoms with Crippen molar-refractivity contribution in [3.05, 3.63) is 28.8 Å². The smallest absolute Gasteiger partial charge is 0.280 e. The van der Waals surface area contributed by atoms with Crippen LogP contribution < -0.4 is 15.4 Å². The van der Waals surface area contributed by atoms with Crippen LogP contribution in [0.5, 0.6) is 5.75 Å². The van der Waals surface area contributed by atoms with Gasteiger partial charge in [-0.15, -0.1) is 10.2 Å². The molecule has 1 aliphatic heterocycles. The molecule has 0 spiro atoms. The molecule has 0 saturated carbocycles. The van der Waals surface area contributed by atoms with E-state index in [0.717, 1.165) is 10.6 Å². The maximum absolute atomic E-state index is 12.6. The van der Waals surface area contributed by atoms with Crippen molar-refractivity contribution in [3.63, 3.8) is 0 Å². The van der Waals surface area contributed by atoms with Crippen LogP contribution in [0.15, 0.2) is 18.2 Å². The largest absolute Gasteiger partial charge is 0.466 e. The molecule has 0 bridgehead atoms. The third-order valence-electron chi connectivity index (χ3n) is 3.72. The number of rotatable bonds is 3. The van der Waals surface area contributed by atoms with Crippen LogP contribution >= 0.6 is 11.3 Å². The lowest BCUT2D eigenvalue weighted by atomic mass is 10.0. The number of benzene rings is 1. The minimum absolute atomic E-state index is 0.216. The van der Waals surface area contributed by atoms with Crippen molar-refractivity contribution in [1.82, 2.24) is 10.2 Å². The third-order valence-corrected chi connectivity index (χ3v) is 4.86. The Hall–Kier alpha value is -2.48. The zero-order chi connectivity index (χ0) is 17.5. The van der Waals surface area contributed by atoms with Crippen LogP contribution in [-0.4, -0.2) is 27.6 Å². The molecule has 8 heteroatoms. The number of fused-ring (bicyclic) bond motifs is 1.